The van der Waals surface area contributed by atoms with Gasteiger partial charge < -0.3 is 10.6 Å². The minimum Gasteiger partial charge on any atom is -0.357 e. The molecular formula is C21H30N4OS2. The smallest absolute Gasteiger partial charge is 0.237 e. The maximum atomic E-state index is 12.7. The highest BCUT2D eigenvalue weighted by Crippen LogP contribution is 2.32. The first-order valence-electron chi connectivity index (χ1n) is 10.2. The normalized spacial score (nSPS) is 17.1. The summed E-state index contributed by atoms with van der Waals surface area (Å²) >= 11 is 3.01. The molecule has 0 saturated heterocycles. The van der Waals surface area contributed by atoms with Crippen molar-refractivity contribution in [2.45, 2.75) is 80.8 Å². The van der Waals surface area contributed by atoms with Gasteiger partial charge in [-0.05, 0) is 43.7 Å². The predicted molar refractivity (Wildman–Crippen MR) is 120 cm³/mol. The van der Waals surface area contributed by atoms with E-state index in [1.807, 2.05) is 25.1 Å². The number of carbonyl (C=O) groups is 1. The molecule has 1 amide bonds. The van der Waals surface area contributed by atoms with Crippen molar-refractivity contribution in [1.82, 2.24) is 10.2 Å². The summed E-state index contributed by atoms with van der Waals surface area (Å²) in [6, 6.07) is 8.58. The number of rotatable bonds is 8. The average molecular weight is 419 g/mol. The largest absolute Gasteiger partial charge is 0.357 e. The number of benzene rings is 1. The molecule has 5 nitrogen and oxygen atoms in total. The van der Waals surface area contributed by atoms with Gasteiger partial charge in [0.1, 0.15) is 0 Å². The molecule has 1 fully saturated rings. The molecule has 0 radical (unpaired) electrons. The summed E-state index contributed by atoms with van der Waals surface area (Å²) in [6.45, 7) is 6.27. The fraction of sp³-hybridized carbons (Fsp3) is 0.571. The average Bonchev–Trinajstić information content (AvgIpc) is 3.15. The fourth-order valence-electron chi connectivity index (χ4n) is 3.44. The summed E-state index contributed by atoms with van der Waals surface area (Å²) in [6.07, 6.45) is 7.36. The molecule has 2 atom stereocenters. The lowest BCUT2D eigenvalue weighted by molar-refractivity contribution is -0.115. The summed E-state index contributed by atoms with van der Waals surface area (Å²) < 4.78 is 0.830. The van der Waals surface area contributed by atoms with Crippen molar-refractivity contribution in [2.24, 2.45) is 0 Å². The molecule has 1 aromatic heterocycles. The molecule has 0 bridgehead atoms. The number of carbonyl (C=O) groups excluding carboxylic acids is 1. The van der Waals surface area contributed by atoms with Crippen molar-refractivity contribution >= 4 is 39.8 Å². The van der Waals surface area contributed by atoms with Crippen molar-refractivity contribution in [3.8, 4) is 0 Å². The van der Waals surface area contributed by atoms with Crippen LogP contribution in [0.1, 0.15) is 70.8 Å². The lowest BCUT2D eigenvalue weighted by Gasteiger charge is -2.21. The van der Waals surface area contributed by atoms with Gasteiger partial charge in [-0.3, -0.25) is 4.79 Å². The Morgan fingerprint density at radius 1 is 1.21 bits per heavy atom. The molecule has 0 spiro atoms. The molecule has 2 unspecified atom stereocenters. The monoisotopic (exact) mass is 418 g/mol. The number of thioether (sulfide) groups is 1. The maximum absolute atomic E-state index is 12.7. The first-order chi connectivity index (χ1) is 13.6. The van der Waals surface area contributed by atoms with E-state index in [0.717, 1.165) is 21.6 Å². The SMILES string of the molecule is CCC(C)c1ccccc1NC(=O)C(C)Sc1nnc(NC2CCCCC2)s1. The molecule has 1 aliphatic carbocycles. The quantitative estimate of drug-likeness (QED) is 0.521. The van der Waals surface area contributed by atoms with Crippen molar-refractivity contribution in [2.75, 3.05) is 10.6 Å². The summed E-state index contributed by atoms with van der Waals surface area (Å²) in [5.74, 6) is 0.411. The molecule has 1 heterocycles. The van der Waals surface area contributed by atoms with Gasteiger partial charge in [-0.25, -0.2) is 0 Å². The maximum Gasteiger partial charge on any atom is 0.237 e. The van der Waals surface area contributed by atoms with Crippen molar-refractivity contribution < 1.29 is 4.79 Å². The number of aromatic nitrogens is 2. The summed E-state index contributed by atoms with van der Waals surface area (Å²) in [5, 5.41) is 15.7. The molecule has 152 valence electrons. The van der Waals surface area contributed by atoms with E-state index in [-0.39, 0.29) is 11.2 Å². The van der Waals surface area contributed by atoms with E-state index in [9.17, 15) is 4.79 Å². The van der Waals surface area contributed by atoms with Crippen LogP contribution in [0, 0.1) is 0 Å². The van der Waals surface area contributed by atoms with Crippen LogP contribution < -0.4 is 10.6 Å². The van der Waals surface area contributed by atoms with E-state index >= 15 is 0 Å². The number of hydrogen-bond donors (Lipinski definition) is 2. The van der Waals surface area contributed by atoms with Crippen LogP contribution in [0.2, 0.25) is 0 Å². The van der Waals surface area contributed by atoms with E-state index < -0.39 is 0 Å². The van der Waals surface area contributed by atoms with Gasteiger partial charge in [0, 0.05) is 11.7 Å². The van der Waals surface area contributed by atoms with Crippen LogP contribution in [0.5, 0.6) is 0 Å². The number of anilines is 2. The van der Waals surface area contributed by atoms with Gasteiger partial charge in [0.25, 0.3) is 0 Å². The Morgan fingerprint density at radius 2 is 1.96 bits per heavy atom. The van der Waals surface area contributed by atoms with Gasteiger partial charge in [0.05, 0.1) is 5.25 Å². The number of hydrogen-bond acceptors (Lipinski definition) is 6. The summed E-state index contributed by atoms with van der Waals surface area (Å²) in [5.41, 5.74) is 2.09. The third-order valence-electron chi connectivity index (χ3n) is 5.35. The Bertz CT molecular complexity index is 773. The second-order valence-corrected chi connectivity index (χ2v) is 10.1. The number of nitrogens with zero attached hydrogens (tertiary/aromatic N) is 2. The molecule has 1 aromatic carbocycles. The molecular weight excluding hydrogens is 388 g/mol. The lowest BCUT2D eigenvalue weighted by Crippen LogP contribution is -2.23. The van der Waals surface area contributed by atoms with Crippen LogP contribution in [0.4, 0.5) is 10.8 Å². The molecule has 2 N–H and O–H groups in total. The second kappa shape index (κ2) is 10.3. The van der Waals surface area contributed by atoms with Crippen LogP contribution in [-0.4, -0.2) is 27.4 Å². The summed E-state index contributed by atoms with van der Waals surface area (Å²) in [4.78, 5) is 12.7. The topological polar surface area (TPSA) is 66.9 Å². The highest BCUT2D eigenvalue weighted by Gasteiger charge is 2.20. The van der Waals surface area contributed by atoms with E-state index in [0.29, 0.717) is 12.0 Å². The Labute approximate surface area is 176 Å². The Hall–Kier alpha value is -1.60. The first kappa shape index (κ1) is 21.1. The fourth-order valence-corrected chi connectivity index (χ4v) is 5.41. The minimum absolute atomic E-state index is 0.00209. The second-order valence-electron chi connectivity index (χ2n) is 7.50. The number of nitrogens with one attached hydrogen (secondary N) is 2. The van der Waals surface area contributed by atoms with Crippen LogP contribution in [0.25, 0.3) is 0 Å². The minimum atomic E-state index is -0.236. The Balaban J connectivity index is 1.56. The zero-order chi connectivity index (χ0) is 19.9. The van der Waals surface area contributed by atoms with E-state index in [1.54, 1.807) is 0 Å². The molecule has 7 heteroatoms. The molecule has 0 aliphatic heterocycles. The molecule has 2 aromatic rings. The van der Waals surface area contributed by atoms with E-state index in [2.05, 4.69) is 40.7 Å². The van der Waals surface area contributed by atoms with E-state index in [1.165, 1.54) is 60.8 Å². The van der Waals surface area contributed by atoms with Gasteiger partial charge in [-0.15, -0.1) is 10.2 Å². The highest BCUT2D eigenvalue weighted by molar-refractivity contribution is 8.02. The molecule has 1 saturated carbocycles. The Morgan fingerprint density at radius 3 is 2.71 bits per heavy atom. The number of amides is 1. The number of para-hydroxylation sites is 1. The molecule has 1 aliphatic rings. The van der Waals surface area contributed by atoms with Gasteiger partial charge in [0.2, 0.25) is 11.0 Å². The third-order valence-corrected chi connectivity index (χ3v) is 7.39. The van der Waals surface area contributed by atoms with Crippen LogP contribution in [-0.2, 0) is 4.79 Å². The van der Waals surface area contributed by atoms with Crippen molar-refractivity contribution in [3.63, 3.8) is 0 Å². The van der Waals surface area contributed by atoms with Crippen LogP contribution in [0.3, 0.4) is 0 Å². The van der Waals surface area contributed by atoms with Gasteiger partial charge in [0.15, 0.2) is 4.34 Å². The van der Waals surface area contributed by atoms with Gasteiger partial charge in [-0.1, -0.05) is 74.4 Å². The first-order valence-corrected chi connectivity index (χ1v) is 11.9. The van der Waals surface area contributed by atoms with E-state index in [4.69, 9.17) is 0 Å². The van der Waals surface area contributed by atoms with Gasteiger partial charge >= 0.3 is 0 Å². The van der Waals surface area contributed by atoms with Crippen molar-refractivity contribution in [1.29, 1.82) is 0 Å². The lowest BCUT2D eigenvalue weighted by atomic mass is 9.96. The van der Waals surface area contributed by atoms with Crippen molar-refractivity contribution in [3.05, 3.63) is 29.8 Å². The zero-order valence-electron chi connectivity index (χ0n) is 16.9. The highest BCUT2D eigenvalue weighted by atomic mass is 32.2. The predicted octanol–water partition coefficient (Wildman–Crippen LogP) is 5.92. The van der Waals surface area contributed by atoms with Crippen LogP contribution in [0.15, 0.2) is 28.6 Å². The zero-order valence-corrected chi connectivity index (χ0v) is 18.5. The Kier molecular flexibility index (Phi) is 7.73. The van der Waals surface area contributed by atoms with Gasteiger partial charge in [-0.2, -0.15) is 0 Å². The molecule has 3 rings (SSSR count). The summed E-state index contributed by atoms with van der Waals surface area (Å²) in [7, 11) is 0. The van der Waals surface area contributed by atoms with Crippen LogP contribution >= 0.6 is 23.1 Å². The molecule has 28 heavy (non-hydrogen) atoms. The standard InChI is InChI=1S/C21H30N4OS2/c1-4-14(2)17-12-8-9-13-18(17)23-19(26)15(3)27-21-25-24-20(28-21)22-16-10-6-5-7-11-16/h8-9,12-16H,4-7,10-11H2,1-3H3,(H,22,24)(H,23,26). The third kappa shape index (κ3) is 5.70.